The summed E-state index contributed by atoms with van der Waals surface area (Å²) in [7, 11) is 0. The van der Waals surface area contributed by atoms with E-state index in [1.54, 1.807) is 13.0 Å². The molecule has 0 heterocycles. The third-order valence-corrected chi connectivity index (χ3v) is 1.64. The number of benzene rings is 1. The van der Waals surface area contributed by atoms with Crippen LogP contribution in [-0.2, 0) is 0 Å². The fourth-order valence-corrected chi connectivity index (χ4v) is 1.02. The van der Waals surface area contributed by atoms with Crippen molar-refractivity contribution >= 4 is 11.9 Å². The van der Waals surface area contributed by atoms with Crippen LogP contribution >= 0.6 is 0 Å². The zero-order chi connectivity index (χ0) is 10.0. The Morgan fingerprint density at radius 2 is 1.64 bits per heavy atom. The molecule has 0 atom stereocenters. The third kappa shape index (κ3) is 2.83. The van der Waals surface area contributed by atoms with E-state index in [0.717, 1.165) is 5.56 Å². The molecule has 0 aromatic heterocycles. The van der Waals surface area contributed by atoms with Gasteiger partial charge in [-0.15, -0.1) is 0 Å². The second kappa shape index (κ2) is 5.14. The van der Waals surface area contributed by atoms with Gasteiger partial charge in [-0.3, -0.25) is 0 Å². The molecule has 4 nitrogen and oxygen atoms in total. The topological polar surface area (TPSA) is 74.6 Å². The molecule has 0 spiro atoms. The van der Waals surface area contributed by atoms with Crippen LogP contribution in [0.2, 0.25) is 0 Å². The molecule has 1 aromatic rings. The van der Waals surface area contributed by atoms with Crippen LogP contribution in [0.1, 0.15) is 27.7 Å². The Hall–Kier alpha value is -0.840. The maximum Gasteiger partial charge on any atom is 1.00 e. The van der Waals surface area contributed by atoms with Gasteiger partial charge in [-0.1, -0.05) is 11.6 Å². The molecule has 0 aliphatic heterocycles. The van der Waals surface area contributed by atoms with Crippen molar-refractivity contribution in [2.45, 2.75) is 6.92 Å². The minimum atomic E-state index is -1.22. The molecule has 70 valence electrons. The second-order valence-corrected chi connectivity index (χ2v) is 2.66. The molecule has 0 saturated heterocycles. The predicted molar refractivity (Wildman–Crippen MR) is 46.2 cm³/mol. The van der Waals surface area contributed by atoms with Gasteiger partial charge in [0.2, 0.25) is 0 Å². The average Bonchev–Trinajstić information content (AvgIpc) is 2.03. The van der Waals surface area contributed by atoms with Crippen molar-refractivity contribution in [1.29, 1.82) is 0 Å². The number of carboxylic acid groups (broad SMARTS) is 2. The van der Waals surface area contributed by atoms with Gasteiger partial charge in [-0.05, 0) is 19.1 Å². The molecule has 0 saturated carbocycles. The molecule has 0 amide bonds. The smallest absolute Gasteiger partial charge is 1.00 e. The van der Waals surface area contributed by atoms with Crippen molar-refractivity contribution < 1.29 is 50.8 Å². The molecule has 1 rings (SSSR count). The molecule has 14 heavy (non-hydrogen) atoms. The second-order valence-electron chi connectivity index (χ2n) is 2.66. The Bertz CT molecular complexity index is 378. The maximum absolute atomic E-state index is 10.6. The average molecular weight is 204 g/mol. The first-order valence-corrected chi connectivity index (χ1v) is 3.59. The SMILES string of the molecule is Cc1ccc(C(=O)O)c(C(=O)O)c1.[H-].[Na+]. The van der Waals surface area contributed by atoms with Crippen molar-refractivity contribution in [2.75, 3.05) is 0 Å². The Morgan fingerprint density at radius 1 is 1.14 bits per heavy atom. The predicted octanol–water partition coefficient (Wildman–Crippen LogP) is -1.49. The van der Waals surface area contributed by atoms with Crippen molar-refractivity contribution in [3.05, 3.63) is 34.9 Å². The summed E-state index contributed by atoms with van der Waals surface area (Å²) in [5.74, 6) is -2.45. The van der Waals surface area contributed by atoms with Gasteiger partial charge in [0.1, 0.15) is 0 Å². The van der Waals surface area contributed by atoms with E-state index in [0.29, 0.717) is 0 Å². The van der Waals surface area contributed by atoms with E-state index < -0.39 is 11.9 Å². The van der Waals surface area contributed by atoms with Crippen molar-refractivity contribution in [2.24, 2.45) is 0 Å². The number of aryl methyl sites for hydroxylation is 1. The van der Waals surface area contributed by atoms with Gasteiger partial charge in [-0.2, -0.15) is 0 Å². The summed E-state index contributed by atoms with van der Waals surface area (Å²) in [6, 6.07) is 4.20. The van der Waals surface area contributed by atoms with E-state index in [2.05, 4.69) is 0 Å². The molecule has 0 fully saturated rings. The number of hydrogen-bond donors (Lipinski definition) is 2. The van der Waals surface area contributed by atoms with E-state index >= 15 is 0 Å². The van der Waals surface area contributed by atoms with Gasteiger partial charge in [0.25, 0.3) is 0 Å². The van der Waals surface area contributed by atoms with Crippen LogP contribution in [0.15, 0.2) is 18.2 Å². The number of hydrogen-bond acceptors (Lipinski definition) is 2. The third-order valence-electron chi connectivity index (χ3n) is 1.64. The van der Waals surface area contributed by atoms with Crippen LogP contribution in [0, 0.1) is 6.92 Å². The van der Waals surface area contributed by atoms with Crippen LogP contribution < -0.4 is 29.6 Å². The fourth-order valence-electron chi connectivity index (χ4n) is 1.02. The minimum Gasteiger partial charge on any atom is -1.00 e. The molecule has 0 unspecified atom stereocenters. The van der Waals surface area contributed by atoms with Crippen LogP contribution in [0.25, 0.3) is 0 Å². The van der Waals surface area contributed by atoms with Crippen molar-refractivity contribution in [1.82, 2.24) is 0 Å². The number of rotatable bonds is 2. The Morgan fingerprint density at radius 3 is 2.07 bits per heavy atom. The first-order valence-electron chi connectivity index (χ1n) is 3.59. The van der Waals surface area contributed by atoms with Crippen molar-refractivity contribution in [3.63, 3.8) is 0 Å². The molecule has 0 aliphatic rings. The minimum absolute atomic E-state index is 0. The van der Waals surface area contributed by atoms with Gasteiger partial charge in [0, 0.05) is 0 Å². The molecule has 2 N–H and O–H groups in total. The normalized spacial score (nSPS) is 8.93. The van der Waals surface area contributed by atoms with E-state index in [-0.39, 0.29) is 42.1 Å². The largest absolute Gasteiger partial charge is 1.00 e. The molecule has 0 bridgehead atoms. The fraction of sp³-hybridized carbons (Fsp3) is 0.111. The monoisotopic (exact) mass is 204 g/mol. The van der Waals surface area contributed by atoms with E-state index in [4.69, 9.17) is 10.2 Å². The first kappa shape index (κ1) is 13.2. The summed E-state index contributed by atoms with van der Waals surface area (Å²) in [5, 5.41) is 17.3. The van der Waals surface area contributed by atoms with E-state index in [1.807, 2.05) is 0 Å². The van der Waals surface area contributed by atoms with Crippen LogP contribution in [0.3, 0.4) is 0 Å². The Kier molecular flexibility index (Phi) is 4.83. The van der Waals surface area contributed by atoms with Crippen LogP contribution in [0.5, 0.6) is 0 Å². The zero-order valence-corrected chi connectivity index (χ0v) is 9.94. The van der Waals surface area contributed by atoms with Gasteiger partial charge in [-0.25, -0.2) is 9.59 Å². The van der Waals surface area contributed by atoms with Crippen molar-refractivity contribution in [3.8, 4) is 0 Å². The Labute approximate surface area is 104 Å². The van der Waals surface area contributed by atoms with Crippen LogP contribution in [-0.4, -0.2) is 22.2 Å². The molecule has 1 aromatic carbocycles. The summed E-state index contributed by atoms with van der Waals surface area (Å²) < 4.78 is 0. The molecular formula is C9H9NaO4. The zero-order valence-electron chi connectivity index (χ0n) is 8.94. The number of aromatic carboxylic acids is 2. The molecule has 0 radical (unpaired) electrons. The Balaban J connectivity index is 0. The van der Waals surface area contributed by atoms with Gasteiger partial charge in [0.05, 0.1) is 11.1 Å². The summed E-state index contributed by atoms with van der Waals surface area (Å²) in [5.41, 5.74) is 0.369. The molecular weight excluding hydrogens is 195 g/mol. The van der Waals surface area contributed by atoms with Crippen LogP contribution in [0.4, 0.5) is 0 Å². The van der Waals surface area contributed by atoms with Gasteiger partial charge in [0.15, 0.2) is 0 Å². The van der Waals surface area contributed by atoms with Gasteiger partial charge >= 0.3 is 41.5 Å². The summed E-state index contributed by atoms with van der Waals surface area (Å²) in [6.45, 7) is 1.71. The van der Waals surface area contributed by atoms with E-state index in [9.17, 15) is 9.59 Å². The quantitative estimate of drug-likeness (QED) is 0.575. The number of carboxylic acids is 2. The summed E-state index contributed by atoms with van der Waals surface area (Å²) in [4.78, 5) is 21.2. The standard InChI is InChI=1S/C9H8O4.Na.H/c1-5-2-3-6(8(10)11)7(4-5)9(12)13;;/h2-4H,1H3,(H,10,11)(H,12,13);;/q;+1;-1. The summed E-state index contributed by atoms with van der Waals surface area (Å²) >= 11 is 0. The molecule has 5 heteroatoms. The maximum atomic E-state index is 10.6. The summed E-state index contributed by atoms with van der Waals surface area (Å²) in [6.07, 6.45) is 0. The number of carbonyl (C=O) groups is 2. The first-order chi connectivity index (χ1) is 6.02. The van der Waals surface area contributed by atoms with Gasteiger partial charge < -0.3 is 11.6 Å². The molecule has 0 aliphatic carbocycles. The van der Waals surface area contributed by atoms with E-state index in [1.165, 1.54) is 12.1 Å².